The monoisotopic (exact) mass is 344 g/mol. The molecule has 0 rings (SSSR count). The number of alkyl halides is 2. The number of carbonyl (C=O) groups excluding carboxylic acids is 2. The molecule has 0 aromatic carbocycles. The van der Waals surface area contributed by atoms with Gasteiger partial charge in [0.05, 0.1) is 13.2 Å². The quantitative estimate of drug-likeness (QED) is 0.548. The maximum atomic E-state index is 11.4. The average molecular weight is 346 g/mol. The zero-order chi connectivity index (χ0) is 11.9. The number of rotatable bonds is 6. The Morgan fingerprint density at radius 3 is 2.13 bits per heavy atom. The Kier molecular flexibility index (Phi) is 7.17. The van der Waals surface area contributed by atoms with Gasteiger partial charge in [0.2, 0.25) is 0 Å². The third-order valence-electron chi connectivity index (χ3n) is 1.52. The molecule has 0 spiro atoms. The van der Waals surface area contributed by atoms with Crippen LogP contribution in [0.2, 0.25) is 0 Å². The van der Waals surface area contributed by atoms with E-state index in [4.69, 9.17) is 9.47 Å². The smallest absolute Gasteiger partial charge is 0.333 e. The van der Waals surface area contributed by atoms with Crippen molar-refractivity contribution in [2.45, 2.75) is 29.9 Å². The van der Waals surface area contributed by atoms with Crippen molar-refractivity contribution in [3.63, 3.8) is 0 Å². The van der Waals surface area contributed by atoms with Gasteiger partial charge in [0.15, 0.2) is 3.23 Å². The first-order valence-electron chi connectivity index (χ1n) is 4.64. The van der Waals surface area contributed by atoms with Crippen LogP contribution >= 0.6 is 31.9 Å². The Balaban J connectivity index is 4.03. The van der Waals surface area contributed by atoms with Gasteiger partial charge in [-0.2, -0.15) is 0 Å². The summed E-state index contributed by atoms with van der Waals surface area (Å²) in [6.45, 7) is 4.10. The minimum atomic E-state index is -0.997. The van der Waals surface area contributed by atoms with E-state index in [-0.39, 0.29) is 18.8 Å². The van der Waals surface area contributed by atoms with Gasteiger partial charge in [-0.3, -0.25) is 4.79 Å². The lowest BCUT2D eigenvalue weighted by molar-refractivity contribution is -0.144. The first kappa shape index (κ1) is 14.9. The van der Waals surface area contributed by atoms with Crippen LogP contribution in [0, 0.1) is 0 Å². The highest BCUT2D eigenvalue weighted by Crippen LogP contribution is 2.33. The highest BCUT2D eigenvalue weighted by molar-refractivity contribution is 9.25. The summed E-state index contributed by atoms with van der Waals surface area (Å²) in [7, 11) is 0. The normalized spacial score (nSPS) is 10.9. The standard InChI is InChI=1S/C9H14Br2O4/c1-3-14-7(12)5-6-9(10,11)8(13)15-4-2/h3-6H2,1-2H3. The molecule has 0 heterocycles. The van der Waals surface area contributed by atoms with Gasteiger partial charge in [-0.1, -0.05) is 31.9 Å². The number of halogens is 2. The van der Waals surface area contributed by atoms with Gasteiger partial charge in [-0.05, 0) is 20.3 Å². The molecule has 0 aliphatic heterocycles. The summed E-state index contributed by atoms with van der Waals surface area (Å²) in [6.07, 6.45) is 0.438. The third kappa shape index (κ3) is 6.14. The lowest BCUT2D eigenvalue weighted by Gasteiger charge is -2.17. The van der Waals surface area contributed by atoms with E-state index >= 15 is 0 Å². The van der Waals surface area contributed by atoms with Gasteiger partial charge in [-0.15, -0.1) is 0 Å². The summed E-state index contributed by atoms with van der Waals surface area (Å²) in [5.74, 6) is -0.764. The van der Waals surface area contributed by atoms with Gasteiger partial charge < -0.3 is 9.47 Å². The Hall–Kier alpha value is -0.100. The fourth-order valence-corrected chi connectivity index (χ4v) is 1.46. The maximum absolute atomic E-state index is 11.4. The number of hydrogen-bond acceptors (Lipinski definition) is 4. The molecule has 0 amide bonds. The lowest BCUT2D eigenvalue weighted by atomic mass is 10.2. The maximum Gasteiger partial charge on any atom is 0.333 e. The summed E-state index contributed by atoms with van der Waals surface area (Å²) in [6, 6.07) is 0. The van der Waals surface area contributed by atoms with E-state index in [1.807, 2.05) is 0 Å². The van der Waals surface area contributed by atoms with Crippen LogP contribution in [0.25, 0.3) is 0 Å². The van der Waals surface area contributed by atoms with E-state index in [1.165, 1.54) is 0 Å². The van der Waals surface area contributed by atoms with Gasteiger partial charge in [0, 0.05) is 6.42 Å². The molecule has 0 fully saturated rings. The molecule has 0 radical (unpaired) electrons. The Labute approximate surface area is 106 Å². The predicted molar refractivity (Wildman–Crippen MR) is 63.1 cm³/mol. The number of esters is 2. The zero-order valence-electron chi connectivity index (χ0n) is 8.72. The average Bonchev–Trinajstić information content (AvgIpc) is 2.16. The highest BCUT2D eigenvalue weighted by Gasteiger charge is 2.34. The highest BCUT2D eigenvalue weighted by atomic mass is 79.9. The van der Waals surface area contributed by atoms with Crippen molar-refractivity contribution < 1.29 is 19.1 Å². The molecule has 0 aromatic heterocycles. The van der Waals surface area contributed by atoms with Crippen LogP contribution in [-0.2, 0) is 19.1 Å². The van der Waals surface area contributed by atoms with E-state index in [0.717, 1.165) is 0 Å². The summed E-state index contributed by atoms with van der Waals surface area (Å²) in [5.41, 5.74) is 0. The second-order valence-corrected chi connectivity index (χ2v) is 6.50. The molecule has 0 bridgehead atoms. The van der Waals surface area contributed by atoms with Crippen molar-refractivity contribution in [2.75, 3.05) is 13.2 Å². The van der Waals surface area contributed by atoms with Crippen molar-refractivity contribution in [2.24, 2.45) is 0 Å². The van der Waals surface area contributed by atoms with Crippen molar-refractivity contribution in [1.82, 2.24) is 0 Å². The SMILES string of the molecule is CCOC(=O)CCC(Br)(Br)C(=O)OCC. The molecular formula is C9H14Br2O4. The predicted octanol–water partition coefficient (Wildman–Crippen LogP) is 2.38. The molecule has 0 aromatic rings. The molecule has 0 aliphatic carbocycles. The first-order valence-corrected chi connectivity index (χ1v) is 6.23. The summed E-state index contributed by atoms with van der Waals surface area (Å²) >= 11 is 6.32. The summed E-state index contributed by atoms with van der Waals surface area (Å²) < 4.78 is 8.56. The van der Waals surface area contributed by atoms with Crippen LogP contribution < -0.4 is 0 Å². The fraction of sp³-hybridized carbons (Fsp3) is 0.778. The molecular weight excluding hydrogens is 332 g/mol. The van der Waals surface area contributed by atoms with Crippen LogP contribution in [-0.4, -0.2) is 28.4 Å². The molecule has 88 valence electrons. The largest absolute Gasteiger partial charge is 0.466 e. The second kappa shape index (κ2) is 7.22. The van der Waals surface area contributed by atoms with E-state index in [1.54, 1.807) is 13.8 Å². The van der Waals surface area contributed by atoms with E-state index in [9.17, 15) is 9.59 Å². The zero-order valence-corrected chi connectivity index (χ0v) is 11.9. The van der Waals surface area contributed by atoms with Crippen molar-refractivity contribution in [1.29, 1.82) is 0 Å². The summed E-state index contributed by atoms with van der Waals surface area (Å²) in [5, 5.41) is 0. The molecule has 6 heteroatoms. The minimum absolute atomic E-state index is 0.156. The van der Waals surface area contributed by atoms with Crippen LogP contribution in [0.5, 0.6) is 0 Å². The topological polar surface area (TPSA) is 52.6 Å². The van der Waals surface area contributed by atoms with Crippen LogP contribution in [0.4, 0.5) is 0 Å². The van der Waals surface area contributed by atoms with Crippen LogP contribution in [0.3, 0.4) is 0 Å². The van der Waals surface area contributed by atoms with Crippen molar-refractivity contribution in [3.8, 4) is 0 Å². The molecule has 0 saturated carbocycles. The third-order valence-corrected chi connectivity index (χ3v) is 2.96. The second-order valence-electron chi connectivity index (χ2n) is 2.73. The van der Waals surface area contributed by atoms with E-state index in [0.29, 0.717) is 13.2 Å². The molecule has 0 N–H and O–H groups in total. The van der Waals surface area contributed by atoms with Crippen LogP contribution in [0.1, 0.15) is 26.7 Å². The first-order chi connectivity index (χ1) is 6.94. The van der Waals surface area contributed by atoms with E-state index in [2.05, 4.69) is 31.9 Å². The molecule has 0 aliphatic rings. The molecule has 0 saturated heterocycles. The number of carbonyl (C=O) groups is 2. The number of ether oxygens (including phenoxy) is 2. The van der Waals surface area contributed by atoms with Gasteiger partial charge in [0.25, 0.3) is 0 Å². The Bertz CT molecular complexity index is 228. The Morgan fingerprint density at radius 2 is 1.67 bits per heavy atom. The number of hydrogen-bond donors (Lipinski definition) is 0. The van der Waals surface area contributed by atoms with Gasteiger partial charge in [0.1, 0.15) is 0 Å². The Morgan fingerprint density at radius 1 is 1.13 bits per heavy atom. The van der Waals surface area contributed by atoms with Crippen molar-refractivity contribution in [3.05, 3.63) is 0 Å². The lowest BCUT2D eigenvalue weighted by Crippen LogP contribution is -2.28. The molecule has 0 atom stereocenters. The van der Waals surface area contributed by atoms with Gasteiger partial charge in [-0.25, -0.2) is 4.79 Å². The molecule has 15 heavy (non-hydrogen) atoms. The van der Waals surface area contributed by atoms with Crippen molar-refractivity contribution >= 4 is 43.8 Å². The van der Waals surface area contributed by atoms with Gasteiger partial charge >= 0.3 is 11.9 Å². The molecule has 4 nitrogen and oxygen atoms in total. The fourth-order valence-electron chi connectivity index (χ4n) is 0.831. The summed E-state index contributed by atoms with van der Waals surface area (Å²) in [4.78, 5) is 22.4. The minimum Gasteiger partial charge on any atom is -0.466 e. The van der Waals surface area contributed by atoms with E-state index < -0.39 is 9.20 Å². The van der Waals surface area contributed by atoms with Crippen LogP contribution in [0.15, 0.2) is 0 Å². The molecule has 0 unspecified atom stereocenters.